The summed E-state index contributed by atoms with van der Waals surface area (Å²) in [6, 6.07) is 6.34. The fourth-order valence-electron chi connectivity index (χ4n) is 2.60. The Labute approximate surface area is 122 Å². The molecule has 0 amide bonds. The summed E-state index contributed by atoms with van der Waals surface area (Å²) in [6.45, 7) is 5.43. The van der Waals surface area contributed by atoms with E-state index in [4.69, 9.17) is 0 Å². The molecule has 1 N–H and O–H groups in total. The molecule has 1 aromatic heterocycles. The molecular formula is C16H17F2N3. The lowest BCUT2D eigenvalue weighted by atomic mass is 9.96. The first kappa shape index (κ1) is 13.8. The molecule has 0 saturated carbocycles. The number of nitrogens with zero attached hydrogens (tertiary/aromatic N) is 2. The average molecular weight is 289 g/mol. The first-order chi connectivity index (χ1) is 9.97. The monoisotopic (exact) mass is 289 g/mol. The van der Waals surface area contributed by atoms with Crippen molar-refractivity contribution in [3.05, 3.63) is 53.9 Å². The van der Waals surface area contributed by atoms with Crippen LogP contribution >= 0.6 is 0 Å². The fourth-order valence-corrected chi connectivity index (χ4v) is 2.60. The second-order valence-corrected chi connectivity index (χ2v) is 5.89. The molecule has 3 rings (SSSR count). The molecule has 2 heterocycles. The summed E-state index contributed by atoms with van der Waals surface area (Å²) in [4.78, 5) is 6.10. The highest BCUT2D eigenvalue weighted by molar-refractivity contribution is 5.74. The third-order valence-electron chi connectivity index (χ3n) is 3.86. The summed E-state index contributed by atoms with van der Waals surface area (Å²) in [5, 5.41) is 3.18. The van der Waals surface area contributed by atoms with Gasteiger partial charge in [0.25, 0.3) is 0 Å². The average Bonchev–Trinajstić information content (AvgIpc) is 2.46. The van der Waals surface area contributed by atoms with Crippen LogP contribution in [0.25, 0.3) is 0 Å². The normalized spacial score (nSPS) is 16.3. The van der Waals surface area contributed by atoms with Crippen LogP contribution in [0.5, 0.6) is 0 Å². The van der Waals surface area contributed by atoms with Gasteiger partial charge in [0.15, 0.2) is 11.6 Å². The number of benzene rings is 1. The molecule has 0 radical (unpaired) electrons. The van der Waals surface area contributed by atoms with E-state index in [0.29, 0.717) is 24.5 Å². The van der Waals surface area contributed by atoms with E-state index < -0.39 is 11.6 Å². The molecule has 3 nitrogen and oxygen atoms in total. The zero-order valence-corrected chi connectivity index (χ0v) is 12.0. The van der Waals surface area contributed by atoms with Crippen molar-refractivity contribution in [2.75, 3.05) is 16.8 Å². The summed E-state index contributed by atoms with van der Waals surface area (Å²) in [7, 11) is 0. The molecule has 1 aliphatic rings. The van der Waals surface area contributed by atoms with Crippen molar-refractivity contribution in [1.29, 1.82) is 0 Å². The first-order valence-electron chi connectivity index (χ1n) is 6.87. The van der Waals surface area contributed by atoms with Crippen LogP contribution in [0.3, 0.4) is 0 Å². The Morgan fingerprint density at radius 1 is 1.19 bits per heavy atom. The van der Waals surface area contributed by atoms with Crippen LogP contribution in [0.2, 0.25) is 0 Å². The third-order valence-corrected chi connectivity index (χ3v) is 3.86. The number of anilines is 2. The maximum atomic E-state index is 13.6. The molecule has 1 aromatic carbocycles. The highest BCUT2D eigenvalue weighted by Crippen LogP contribution is 2.38. The van der Waals surface area contributed by atoms with E-state index in [0.717, 1.165) is 5.56 Å². The second kappa shape index (κ2) is 4.98. The zero-order chi connectivity index (χ0) is 15.0. The van der Waals surface area contributed by atoms with E-state index in [-0.39, 0.29) is 5.54 Å². The van der Waals surface area contributed by atoms with Gasteiger partial charge in [-0.15, -0.1) is 0 Å². The van der Waals surface area contributed by atoms with Gasteiger partial charge < -0.3 is 10.2 Å². The Kier molecular flexibility index (Phi) is 3.27. The minimum Gasteiger partial charge on any atom is -0.381 e. The number of pyridine rings is 1. The van der Waals surface area contributed by atoms with Gasteiger partial charge in [-0.1, -0.05) is 0 Å². The van der Waals surface area contributed by atoms with Gasteiger partial charge in [-0.05, 0) is 31.5 Å². The molecule has 21 heavy (non-hydrogen) atoms. The highest BCUT2D eigenvalue weighted by Gasteiger charge is 2.33. The summed E-state index contributed by atoms with van der Waals surface area (Å²) in [5.41, 5.74) is 2.18. The Hall–Kier alpha value is -2.17. The number of rotatable bonds is 2. The summed E-state index contributed by atoms with van der Waals surface area (Å²) in [5.74, 6) is -1.65. The second-order valence-electron chi connectivity index (χ2n) is 5.89. The topological polar surface area (TPSA) is 28.2 Å². The predicted octanol–water partition coefficient (Wildman–Crippen LogP) is 3.57. The van der Waals surface area contributed by atoms with E-state index in [1.54, 1.807) is 12.4 Å². The summed E-state index contributed by atoms with van der Waals surface area (Å²) in [6.07, 6.45) is 3.47. The Morgan fingerprint density at radius 3 is 2.57 bits per heavy atom. The lowest BCUT2D eigenvalue weighted by Gasteiger charge is -2.45. The molecule has 5 heteroatoms. The minimum atomic E-state index is -0.829. The molecule has 1 aliphatic heterocycles. The molecule has 2 aromatic rings. The first-order valence-corrected chi connectivity index (χ1v) is 6.87. The van der Waals surface area contributed by atoms with Crippen molar-refractivity contribution in [1.82, 2.24) is 4.98 Å². The molecular weight excluding hydrogens is 272 g/mol. The van der Waals surface area contributed by atoms with E-state index in [1.807, 2.05) is 12.1 Å². The molecule has 0 bridgehead atoms. The molecule has 0 unspecified atom stereocenters. The maximum absolute atomic E-state index is 13.6. The SMILES string of the molecule is CC1(C)CNc2cc(F)c(F)cc2N1Cc1ccncc1. The van der Waals surface area contributed by atoms with Gasteiger partial charge in [-0.3, -0.25) is 4.98 Å². The van der Waals surface area contributed by atoms with Gasteiger partial charge in [0.05, 0.1) is 16.9 Å². The van der Waals surface area contributed by atoms with E-state index in [2.05, 4.69) is 29.0 Å². The predicted molar refractivity (Wildman–Crippen MR) is 79.3 cm³/mol. The number of hydrogen-bond acceptors (Lipinski definition) is 3. The number of aromatic nitrogens is 1. The van der Waals surface area contributed by atoms with Gasteiger partial charge in [0, 0.05) is 37.6 Å². The number of fused-ring (bicyclic) bond motifs is 1. The Morgan fingerprint density at radius 2 is 1.86 bits per heavy atom. The smallest absolute Gasteiger partial charge is 0.161 e. The van der Waals surface area contributed by atoms with Crippen LogP contribution in [-0.4, -0.2) is 17.1 Å². The van der Waals surface area contributed by atoms with Gasteiger partial charge in [0.1, 0.15) is 0 Å². The number of halogens is 2. The summed E-state index contributed by atoms with van der Waals surface area (Å²) < 4.78 is 27.0. The van der Waals surface area contributed by atoms with E-state index in [9.17, 15) is 8.78 Å². The third kappa shape index (κ3) is 2.55. The molecule has 110 valence electrons. The van der Waals surface area contributed by atoms with E-state index >= 15 is 0 Å². The number of hydrogen-bond donors (Lipinski definition) is 1. The van der Waals surface area contributed by atoms with Crippen LogP contribution in [0, 0.1) is 11.6 Å². The maximum Gasteiger partial charge on any atom is 0.161 e. The van der Waals surface area contributed by atoms with E-state index in [1.165, 1.54) is 12.1 Å². The fraction of sp³-hybridized carbons (Fsp3) is 0.312. The number of nitrogens with one attached hydrogen (secondary N) is 1. The summed E-state index contributed by atoms with van der Waals surface area (Å²) >= 11 is 0. The molecule has 0 saturated heterocycles. The molecule has 0 aliphatic carbocycles. The quantitative estimate of drug-likeness (QED) is 0.916. The largest absolute Gasteiger partial charge is 0.381 e. The molecule has 0 fully saturated rings. The lowest BCUT2D eigenvalue weighted by molar-refractivity contribution is 0.462. The molecule has 0 spiro atoms. The highest BCUT2D eigenvalue weighted by atomic mass is 19.2. The molecule has 0 atom stereocenters. The van der Waals surface area contributed by atoms with Gasteiger partial charge in [0.2, 0.25) is 0 Å². The van der Waals surface area contributed by atoms with Crippen molar-refractivity contribution in [3.8, 4) is 0 Å². The van der Waals surface area contributed by atoms with Gasteiger partial charge in [-0.2, -0.15) is 0 Å². The van der Waals surface area contributed by atoms with Crippen LogP contribution in [0.15, 0.2) is 36.7 Å². The standard InChI is InChI=1S/C16H17F2N3/c1-16(2)10-20-14-7-12(17)13(18)8-15(14)21(16)9-11-3-5-19-6-4-11/h3-8,20H,9-10H2,1-2H3. The van der Waals surface area contributed by atoms with Crippen molar-refractivity contribution in [2.24, 2.45) is 0 Å². The van der Waals surface area contributed by atoms with Crippen LogP contribution in [0.1, 0.15) is 19.4 Å². The minimum absolute atomic E-state index is 0.208. The Bertz CT molecular complexity index is 656. The van der Waals surface area contributed by atoms with Crippen LogP contribution in [-0.2, 0) is 6.54 Å². The van der Waals surface area contributed by atoms with Crippen molar-refractivity contribution >= 4 is 11.4 Å². The van der Waals surface area contributed by atoms with Crippen molar-refractivity contribution in [3.63, 3.8) is 0 Å². The van der Waals surface area contributed by atoms with Crippen molar-refractivity contribution < 1.29 is 8.78 Å². The van der Waals surface area contributed by atoms with Gasteiger partial charge >= 0.3 is 0 Å². The van der Waals surface area contributed by atoms with Crippen LogP contribution in [0.4, 0.5) is 20.2 Å². The zero-order valence-electron chi connectivity index (χ0n) is 12.0. The van der Waals surface area contributed by atoms with Crippen LogP contribution < -0.4 is 10.2 Å². The van der Waals surface area contributed by atoms with Crippen molar-refractivity contribution in [2.45, 2.75) is 25.9 Å². The lowest BCUT2D eigenvalue weighted by Crippen LogP contribution is -2.51. The van der Waals surface area contributed by atoms with Gasteiger partial charge in [-0.25, -0.2) is 8.78 Å². The Balaban J connectivity index is 2.03.